The van der Waals surface area contributed by atoms with Crippen molar-refractivity contribution in [3.8, 4) is 0 Å². The van der Waals surface area contributed by atoms with Crippen LogP contribution in [0.25, 0.3) is 0 Å². The number of rotatable bonds is 5. The van der Waals surface area contributed by atoms with Gasteiger partial charge in [0.1, 0.15) is 6.04 Å². The summed E-state index contributed by atoms with van der Waals surface area (Å²) in [5.74, 6) is -1.57. The maximum absolute atomic E-state index is 12.0. The number of carboxylic acids is 1. The monoisotopic (exact) mass is 251 g/mol. The van der Waals surface area contributed by atoms with Crippen LogP contribution in [-0.4, -0.2) is 34.7 Å². The topological polar surface area (TPSA) is 86.6 Å². The second-order valence-electron chi connectivity index (χ2n) is 4.14. The molecule has 0 heterocycles. The number of carbonyl (C=O) groups is 2. The van der Waals surface area contributed by atoms with Gasteiger partial charge in [-0.3, -0.25) is 4.79 Å². The lowest BCUT2D eigenvalue weighted by molar-refractivity contribution is -0.139. The first-order valence-electron chi connectivity index (χ1n) is 5.68. The summed E-state index contributed by atoms with van der Waals surface area (Å²) in [4.78, 5) is 22.9. The minimum atomic E-state index is -1.15. The molecule has 0 aliphatic carbocycles. The summed E-state index contributed by atoms with van der Waals surface area (Å²) in [7, 11) is 0. The van der Waals surface area contributed by atoms with Crippen LogP contribution in [0.3, 0.4) is 0 Å². The molecule has 0 fully saturated rings. The van der Waals surface area contributed by atoms with Gasteiger partial charge in [0.2, 0.25) is 0 Å². The lowest BCUT2D eigenvalue weighted by Crippen LogP contribution is -2.41. The van der Waals surface area contributed by atoms with Crippen molar-refractivity contribution in [3.63, 3.8) is 0 Å². The second kappa shape index (κ2) is 6.16. The van der Waals surface area contributed by atoms with E-state index in [-0.39, 0.29) is 13.0 Å². The molecule has 0 saturated carbocycles. The number of aliphatic hydroxyl groups is 1. The number of aryl methyl sites for hydroxylation is 2. The van der Waals surface area contributed by atoms with E-state index >= 15 is 0 Å². The molecule has 0 bridgehead atoms. The van der Waals surface area contributed by atoms with E-state index in [1.165, 1.54) is 0 Å². The molecule has 0 aliphatic heterocycles. The first kappa shape index (κ1) is 14.2. The smallest absolute Gasteiger partial charge is 0.326 e. The maximum Gasteiger partial charge on any atom is 0.326 e. The van der Waals surface area contributed by atoms with Gasteiger partial charge in [0.05, 0.1) is 0 Å². The Morgan fingerprint density at radius 1 is 1.28 bits per heavy atom. The molecule has 1 aromatic rings. The fourth-order valence-corrected chi connectivity index (χ4v) is 1.79. The SMILES string of the molecule is Cc1cccc(C)c1C(=O)N[C@H](CCO)C(=O)O. The van der Waals surface area contributed by atoms with Crippen molar-refractivity contribution in [1.29, 1.82) is 0 Å². The molecule has 98 valence electrons. The second-order valence-corrected chi connectivity index (χ2v) is 4.14. The van der Waals surface area contributed by atoms with E-state index in [0.717, 1.165) is 11.1 Å². The van der Waals surface area contributed by atoms with Gasteiger partial charge in [-0.1, -0.05) is 18.2 Å². The average molecular weight is 251 g/mol. The van der Waals surface area contributed by atoms with Gasteiger partial charge in [-0.25, -0.2) is 4.79 Å². The van der Waals surface area contributed by atoms with Gasteiger partial charge < -0.3 is 15.5 Å². The Hall–Kier alpha value is -1.88. The molecule has 0 spiro atoms. The van der Waals surface area contributed by atoms with Gasteiger partial charge in [-0.2, -0.15) is 0 Å². The summed E-state index contributed by atoms with van der Waals surface area (Å²) in [6.45, 7) is 3.30. The molecule has 5 heteroatoms. The van der Waals surface area contributed by atoms with E-state index in [9.17, 15) is 9.59 Å². The van der Waals surface area contributed by atoms with E-state index in [4.69, 9.17) is 10.2 Å². The largest absolute Gasteiger partial charge is 0.480 e. The quantitative estimate of drug-likeness (QED) is 0.724. The summed E-state index contributed by atoms with van der Waals surface area (Å²) in [6, 6.07) is 4.36. The maximum atomic E-state index is 12.0. The molecule has 0 aromatic heterocycles. The molecule has 3 N–H and O–H groups in total. The Bertz CT molecular complexity index is 436. The highest BCUT2D eigenvalue weighted by Crippen LogP contribution is 2.13. The van der Waals surface area contributed by atoms with Gasteiger partial charge in [0.15, 0.2) is 0 Å². The number of hydrogen-bond donors (Lipinski definition) is 3. The molecular weight excluding hydrogens is 234 g/mol. The summed E-state index contributed by atoms with van der Waals surface area (Å²) in [6.07, 6.45) is -0.00793. The van der Waals surface area contributed by atoms with Gasteiger partial charge in [0, 0.05) is 18.6 Å². The molecule has 0 aliphatic rings. The van der Waals surface area contributed by atoms with Crippen LogP contribution in [0.15, 0.2) is 18.2 Å². The Kier molecular flexibility index (Phi) is 4.85. The Morgan fingerprint density at radius 2 is 1.83 bits per heavy atom. The average Bonchev–Trinajstić information content (AvgIpc) is 2.28. The number of carboxylic acid groups (broad SMARTS) is 1. The van der Waals surface area contributed by atoms with Crippen molar-refractivity contribution in [2.24, 2.45) is 0 Å². The summed E-state index contributed by atoms with van der Waals surface area (Å²) < 4.78 is 0. The van der Waals surface area contributed by atoms with E-state index < -0.39 is 17.9 Å². The number of aliphatic carboxylic acids is 1. The number of aliphatic hydroxyl groups excluding tert-OH is 1. The van der Waals surface area contributed by atoms with Crippen molar-refractivity contribution in [3.05, 3.63) is 34.9 Å². The normalized spacial score (nSPS) is 11.9. The predicted molar refractivity (Wildman–Crippen MR) is 66.5 cm³/mol. The van der Waals surface area contributed by atoms with E-state index in [0.29, 0.717) is 5.56 Å². The molecule has 0 radical (unpaired) electrons. The van der Waals surface area contributed by atoms with Crippen molar-refractivity contribution in [2.45, 2.75) is 26.3 Å². The third-order valence-corrected chi connectivity index (χ3v) is 2.73. The van der Waals surface area contributed by atoms with E-state index in [1.54, 1.807) is 26.0 Å². The molecule has 1 amide bonds. The van der Waals surface area contributed by atoms with E-state index in [1.807, 2.05) is 6.07 Å². The highest BCUT2D eigenvalue weighted by molar-refractivity contribution is 5.99. The molecule has 1 aromatic carbocycles. The number of benzene rings is 1. The standard InChI is InChI=1S/C13H17NO4/c1-8-4-3-5-9(2)11(8)12(16)14-10(6-7-15)13(17)18/h3-5,10,15H,6-7H2,1-2H3,(H,14,16)(H,17,18)/t10-/m1/s1. The van der Waals surface area contributed by atoms with Crippen molar-refractivity contribution < 1.29 is 19.8 Å². The van der Waals surface area contributed by atoms with Crippen LogP contribution in [0, 0.1) is 13.8 Å². The highest BCUT2D eigenvalue weighted by Gasteiger charge is 2.21. The Labute approximate surface area is 105 Å². The lowest BCUT2D eigenvalue weighted by atomic mass is 10.0. The van der Waals surface area contributed by atoms with Crippen molar-refractivity contribution >= 4 is 11.9 Å². The molecular formula is C13H17NO4. The zero-order valence-corrected chi connectivity index (χ0v) is 10.4. The van der Waals surface area contributed by atoms with Gasteiger partial charge in [0.25, 0.3) is 5.91 Å². The number of amides is 1. The number of hydrogen-bond acceptors (Lipinski definition) is 3. The third kappa shape index (κ3) is 3.30. The van der Waals surface area contributed by atoms with Crippen LogP contribution in [0.2, 0.25) is 0 Å². The first-order valence-corrected chi connectivity index (χ1v) is 5.68. The summed E-state index contributed by atoms with van der Waals surface area (Å²) in [5, 5.41) is 20.1. The van der Waals surface area contributed by atoms with Crippen LogP contribution in [0.1, 0.15) is 27.9 Å². The zero-order valence-electron chi connectivity index (χ0n) is 10.4. The third-order valence-electron chi connectivity index (χ3n) is 2.73. The van der Waals surface area contributed by atoms with Gasteiger partial charge >= 0.3 is 5.97 Å². The van der Waals surface area contributed by atoms with Crippen molar-refractivity contribution in [2.75, 3.05) is 6.61 Å². The predicted octanol–water partition coefficient (Wildman–Crippen LogP) is 0.869. The minimum absolute atomic E-state index is 0.00793. The summed E-state index contributed by atoms with van der Waals surface area (Å²) in [5.41, 5.74) is 2.07. The van der Waals surface area contributed by atoms with Crippen LogP contribution in [0.5, 0.6) is 0 Å². The van der Waals surface area contributed by atoms with Gasteiger partial charge in [-0.15, -0.1) is 0 Å². The Balaban J connectivity index is 2.90. The van der Waals surface area contributed by atoms with Crippen molar-refractivity contribution in [1.82, 2.24) is 5.32 Å². The highest BCUT2D eigenvalue weighted by atomic mass is 16.4. The molecule has 5 nitrogen and oxygen atoms in total. The lowest BCUT2D eigenvalue weighted by Gasteiger charge is -2.15. The minimum Gasteiger partial charge on any atom is -0.480 e. The van der Waals surface area contributed by atoms with Gasteiger partial charge in [-0.05, 0) is 25.0 Å². The van der Waals surface area contributed by atoms with Crippen LogP contribution in [-0.2, 0) is 4.79 Å². The molecule has 0 saturated heterocycles. The van der Waals surface area contributed by atoms with E-state index in [2.05, 4.69) is 5.32 Å². The van der Waals surface area contributed by atoms with Crippen LogP contribution < -0.4 is 5.32 Å². The van der Waals surface area contributed by atoms with Crippen LogP contribution in [0.4, 0.5) is 0 Å². The number of carbonyl (C=O) groups excluding carboxylic acids is 1. The fraction of sp³-hybridized carbons (Fsp3) is 0.385. The fourth-order valence-electron chi connectivity index (χ4n) is 1.79. The zero-order chi connectivity index (χ0) is 13.7. The molecule has 18 heavy (non-hydrogen) atoms. The molecule has 1 atom stereocenters. The Morgan fingerprint density at radius 3 is 2.28 bits per heavy atom. The molecule has 0 unspecified atom stereocenters. The first-order chi connectivity index (χ1) is 8.47. The van der Waals surface area contributed by atoms with Crippen LogP contribution >= 0.6 is 0 Å². The molecule has 1 rings (SSSR count). The number of nitrogens with one attached hydrogen (secondary N) is 1. The summed E-state index contributed by atoms with van der Waals surface area (Å²) >= 11 is 0.